The molecule has 0 aromatic rings. The van der Waals surface area contributed by atoms with E-state index in [9.17, 15) is 9.90 Å². The normalized spacial score (nSPS) is 47.8. The molecule has 0 spiro atoms. The molecule has 1 saturated heterocycles. The van der Waals surface area contributed by atoms with E-state index in [2.05, 4.69) is 6.92 Å². The van der Waals surface area contributed by atoms with Crippen LogP contribution in [0.25, 0.3) is 0 Å². The predicted octanol–water partition coefficient (Wildman–Crippen LogP) is 2.66. The average molecular weight is 252 g/mol. The maximum atomic E-state index is 11.8. The summed E-state index contributed by atoms with van der Waals surface area (Å²) in [6.07, 6.45) is 7.65. The third-order valence-corrected chi connectivity index (χ3v) is 5.35. The van der Waals surface area contributed by atoms with Gasteiger partial charge in [-0.3, -0.25) is 4.79 Å². The highest BCUT2D eigenvalue weighted by atomic mass is 16.6. The second kappa shape index (κ2) is 4.61. The Morgan fingerprint density at radius 2 is 2.17 bits per heavy atom. The van der Waals surface area contributed by atoms with Gasteiger partial charge >= 0.3 is 0 Å². The molecule has 5 atom stereocenters. The maximum Gasteiger partial charge on any atom is 0.168 e. The van der Waals surface area contributed by atoms with Crippen molar-refractivity contribution in [3.8, 4) is 0 Å². The van der Waals surface area contributed by atoms with E-state index >= 15 is 0 Å². The third kappa shape index (κ3) is 1.92. The number of ketones is 1. The van der Waals surface area contributed by atoms with Gasteiger partial charge in [0, 0.05) is 24.7 Å². The van der Waals surface area contributed by atoms with E-state index in [0.29, 0.717) is 18.1 Å². The maximum absolute atomic E-state index is 11.8. The van der Waals surface area contributed by atoms with Gasteiger partial charge in [0.2, 0.25) is 0 Å². The van der Waals surface area contributed by atoms with Crippen LogP contribution in [-0.4, -0.2) is 22.8 Å². The van der Waals surface area contributed by atoms with Gasteiger partial charge in [-0.1, -0.05) is 13.3 Å². The van der Waals surface area contributed by atoms with Crippen LogP contribution in [0.4, 0.5) is 0 Å². The summed E-state index contributed by atoms with van der Waals surface area (Å²) >= 11 is 0. The SMILES string of the molecule is CCCC1CCC2[C@H]3CCC(=O)[C@H]3CCC2(O)O1. The molecule has 2 saturated carbocycles. The Bertz CT molecular complexity index is 341. The molecule has 18 heavy (non-hydrogen) atoms. The quantitative estimate of drug-likeness (QED) is 0.822. The summed E-state index contributed by atoms with van der Waals surface area (Å²) in [5.41, 5.74) is 0. The lowest BCUT2D eigenvalue weighted by Gasteiger charge is -2.50. The summed E-state index contributed by atoms with van der Waals surface area (Å²) in [5.74, 6) is 0.318. The first kappa shape index (κ1) is 12.6. The van der Waals surface area contributed by atoms with Crippen molar-refractivity contribution >= 4 is 5.78 Å². The number of fused-ring (bicyclic) bond motifs is 3. The number of hydrogen-bond donors (Lipinski definition) is 1. The molecule has 2 aliphatic carbocycles. The molecule has 0 aromatic heterocycles. The molecule has 0 aromatic carbocycles. The minimum Gasteiger partial charge on any atom is -0.365 e. The number of rotatable bonds is 2. The van der Waals surface area contributed by atoms with Crippen LogP contribution in [0.1, 0.15) is 58.3 Å². The fraction of sp³-hybridized carbons (Fsp3) is 0.933. The van der Waals surface area contributed by atoms with Crippen molar-refractivity contribution in [2.75, 3.05) is 0 Å². The summed E-state index contributed by atoms with van der Waals surface area (Å²) < 4.78 is 6.01. The van der Waals surface area contributed by atoms with E-state index < -0.39 is 5.79 Å². The monoisotopic (exact) mass is 252 g/mol. The standard InChI is InChI=1S/C15H24O3/c1-2-3-10-4-6-13-11-5-7-14(16)12(11)8-9-15(13,17)18-10/h10-13,17H,2-9H2,1H3/t10?,11-,12-,13?,15?/m0/s1. The number of Topliss-reactive ketones (excluding diaryl/α,β-unsaturated/α-hetero) is 1. The summed E-state index contributed by atoms with van der Waals surface area (Å²) in [6, 6.07) is 0. The van der Waals surface area contributed by atoms with Gasteiger partial charge in [0.05, 0.1) is 6.10 Å². The van der Waals surface area contributed by atoms with E-state index in [4.69, 9.17) is 4.74 Å². The third-order valence-electron chi connectivity index (χ3n) is 5.35. The van der Waals surface area contributed by atoms with E-state index in [1.54, 1.807) is 0 Å². The first-order valence-corrected chi connectivity index (χ1v) is 7.57. The molecule has 3 heteroatoms. The van der Waals surface area contributed by atoms with Crippen molar-refractivity contribution in [1.82, 2.24) is 0 Å². The van der Waals surface area contributed by atoms with Crippen molar-refractivity contribution in [1.29, 1.82) is 0 Å². The van der Waals surface area contributed by atoms with Gasteiger partial charge in [-0.25, -0.2) is 0 Å². The number of ether oxygens (including phenoxy) is 1. The van der Waals surface area contributed by atoms with E-state index in [-0.39, 0.29) is 17.9 Å². The van der Waals surface area contributed by atoms with Crippen LogP contribution in [0, 0.1) is 17.8 Å². The highest BCUT2D eigenvalue weighted by Gasteiger charge is 2.55. The second-order valence-electron chi connectivity index (χ2n) is 6.37. The number of aliphatic hydroxyl groups is 1. The van der Waals surface area contributed by atoms with Crippen molar-refractivity contribution in [2.45, 2.75) is 70.2 Å². The molecule has 0 amide bonds. The molecule has 102 valence electrons. The molecule has 3 unspecified atom stereocenters. The molecule has 3 fully saturated rings. The van der Waals surface area contributed by atoms with E-state index in [0.717, 1.165) is 44.9 Å². The molecule has 3 nitrogen and oxygen atoms in total. The van der Waals surface area contributed by atoms with Gasteiger partial charge in [0.15, 0.2) is 5.79 Å². The van der Waals surface area contributed by atoms with Crippen LogP contribution in [-0.2, 0) is 9.53 Å². The van der Waals surface area contributed by atoms with Gasteiger partial charge in [0.1, 0.15) is 5.78 Å². The molecule has 3 rings (SSSR count). The fourth-order valence-electron chi connectivity index (χ4n) is 4.50. The topological polar surface area (TPSA) is 46.5 Å². The molecular weight excluding hydrogens is 228 g/mol. The van der Waals surface area contributed by atoms with E-state index in [1.807, 2.05) is 0 Å². The fourth-order valence-corrected chi connectivity index (χ4v) is 4.50. The van der Waals surface area contributed by atoms with Crippen LogP contribution in [0.15, 0.2) is 0 Å². The summed E-state index contributed by atoms with van der Waals surface area (Å²) in [6.45, 7) is 2.16. The van der Waals surface area contributed by atoms with Gasteiger partial charge in [-0.15, -0.1) is 0 Å². The van der Waals surface area contributed by atoms with Gasteiger partial charge in [-0.05, 0) is 38.0 Å². The summed E-state index contributed by atoms with van der Waals surface area (Å²) in [7, 11) is 0. The number of carbonyl (C=O) groups excluding carboxylic acids is 1. The van der Waals surface area contributed by atoms with Crippen LogP contribution >= 0.6 is 0 Å². The Kier molecular flexibility index (Phi) is 3.23. The number of carbonyl (C=O) groups is 1. The average Bonchev–Trinajstić information content (AvgIpc) is 2.70. The minimum atomic E-state index is -0.927. The largest absolute Gasteiger partial charge is 0.365 e. The molecule has 1 heterocycles. The molecular formula is C15H24O3. The van der Waals surface area contributed by atoms with Crippen LogP contribution in [0.5, 0.6) is 0 Å². The Morgan fingerprint density at radius 1 is 1.33 bits per heavy atom. The van der Waals surface area contributed by atoms with Gasteiger partial charge < -0.3 is 9.84 Å². The lowest BCUT2D eigenvalue weighted by molar-refractivity contribution is -0.309. The molecule has 1 N–H and O–H groups in total. The highest BCUT2D eigenvalue weighted by molar-refractivity contribution is 5.83. The first-order chi connectivity index (χ1) is 8.64. The Balaban J connectivity index is 1.75. The van der Waals surface area contributed by atoms with Crippen LogP contribution < -0.4 is 0 Å². The Labute approximate surface area is 109 Å². The zero-order chi connectivity index (χ0) is 12.8. The lowest BCUT2D eigenvalue weighted by atomic mass is 9.67. The van der Waals surface area contributed by atoms with Crippen molar-refractivity contribution in [3.05, 3.63) is 0 Å². The number of hydrogen-bond acceptors (Lipinski definition) is 3. The lowest BCUT2D eigenvalue weighted by Crippen LogP contribution is -2.54. The second-order valence-corrected chi connectivity index (χ2v) is 6.37. The highest BCUT2D eigenvalue weighted by Crippen LogP contribution is 2.52. The van der Waals surface area contributed by atoms with Crippen LogP contribution in [0.3, 0.4) is 0 Å². The van der Waals surface area contributed by atoms with Crippen LogP contribution in [0.2, 0.25) is 0 Å². The Hall–Kier alpha value is -0.410. The molecule has 0 bridgehead atoms. The molecule has 0 radical (unpaired) electrons. The van der Waals surface area contributed by atoms with Gasteiger partial charge in [-0.2, -0.15) is 0 Å². The summed E-state index contributed by atoms with van der Waals surface area (Å²) in [4.78, 5) is 11.8. The smallest absolute Gasteiger partial charge is 0.168 e. The van der Waals surface area contributed by atoms with Crippen molar-refractivity contribution in [2.24, 2.45) is 17.8 Å². The van der Waals surface area contributed by atoms with Crippen molar-refractivity contribution in [3.63, 3.8) is 0 Å². The van der Waals surface area contributed by atoms with Gasteiger partial charge in [0.25, 0.3) is 0 Å². The first-order valence-electron chi connectivity index (χ1n) is 7.57. The van der Waals surface area contributed by atoms with Crippen molar-refractivity contribution < 1.29 is 14.6 Å². The summed E-state index contributed by atoms with van der Waals surface area (Å²) in [5, 5.41) is 10.8. The predicted molar refractivity (Wildman–Crippen MR) is 67.9 cm³/mol. The van der Waals surface area contributed by atoms with E-state index in [1.165, 1.54) is 0 Å². The zero-order valence-electron chi connectivity index (χ0n) is 11.2. The minimum absolute atomic E-state index is 0.204. The Morgan fingerprint density at radius 3 is 2.94 bits per heavy atom. The molecule has 3 aliphatic rings. The zero-order valence-corrected chi connectivity index (χ0v) is 11.2. The molecule has 1 aliphatic heterocycles.